The van der Waals surface area contributed by atoms with Crippen molar-refractivity contribution < 1.29 is 0 Å². The number of fused-ring (bicyclic) bond motifs is 1. The third-order valence-electron chi connectivity index (χ3n) is 4.72. The molecule has 2 aromatic carbocycles. The Morgan fingerprint density at radius 3 is 2.44 bits per heavy atom. The average Bonchev–Trinajstić information content (AvgIpc) is 3.11. The smallest absolute Gasteiger partial charge is 0.263 e. The summed E-state index contributed by atoms with van der Waals surface area (Å²) >= 11 is 7.46. The third-order valence-corrected chi connectivity index (χ3v) is 5.85. The molecule has 0 aliphatic rings. The van der Waals surface area contributed by atoms with Crippen LogP contribution < -0.4 is 5.56 Å². The van der Waals surface area contributed by atoms with Gasteiger partial charge in [0.25, 0.3) is 5.56 Å². The Kier molecular flexibility index (Phi) is 4.85. The average molecular weight is 395 g/mol. The Labute approximate surface area is 166 Å². The maximum atomic E-state index is 13.1. The van der Waals surface area contributed by atoms with Crippen LogP contribution >= 0.6 is 22.9 Å². The van der Waals surface area contributed by atoms with Crippen molar-refractivity contribution in [2.45, 2.75) is 26.3 Å². The van der Waals surface area contributed by atoms with Gasteiger partial charge < -0.3 is 0 Å². The summed E-state index contributed by atoms with van der Waals surface area (Å²) in [4.78, 5) is 18.4. The molecule has 0 atom stereocenters. The molecule has 0 amide bonds. The van der Waals surface area contributed by atoms with Crippen molar-refractivity contribution in [3.63, 3.8) is 0 Å². The second kappa shape index (κ2) is 7.29. The Balaban J connectivity index is 1.77. The number of benzene rings is 2. The summed E-state index contributed by atoms with van der Waals surface area (Å²) < 4.78 is 1.66. The highest BCUT2D eigenvalue weighted by Gasteiger charge is 2.14. The molecule has 2 aromatic heterocycles. The van der Waals surface area contributed by atoms with Gasteiger partial charge in [-0.15, -0.1) is 11.3 Å². The number of rotatable bonds is 4. The highest BCUT2D eigenvalue weighted by molar-refractivity contribution is 7.17. The minimum atomic E-state index is -0.0147. The van der Waals surface area contributed by atoms with Gasteiger partial charge in [0.2, 0.25) is 0 Å². The normalized spacial score (nSPS) is 11.4. The van der Waals surface area contributed by atoms with E-state index >= 15 is 0 Å². The first kappa shape index (κ1) is 18.0. The van der Waals surface area contributed by atoms with Crippen LogP contribution in [0.5, 0.6) is 0 Å². The van der Waals surface area contributed by atoms with Crippen LogP contribution in [0.4, 0.5) is 0 Å². The first-order valence-electron chi connectivity index (χ1n) is 8.84. The summed E-state index contributed by atoms with van der Waals surface area (Å²) in [6, 6.07) is 16.0. The predicted octanol–water partition coefficient (Wildman–Crippen LogP) is 5.95. The van der Waals surface area contributed by atoms with Crippen molar-refractivity contribution >= 4 is 33.2 Å². The summed E-state index contributed by atoms with van der Waals surface area (Å²) in [5.41, 5.74) is 4.29. The van der Waals surface area contributed by atoms with Gasteiger partial charge in [-0.25, -0.2) is 4.98 Å². The molecule has 4 aromatic rings. The van der Waals surface area contributed by atoms with Crippen molar-refractivity contribution in [3.8, 4) is 11.1 Å². The zero-order valence-corrected chi connectivity index (χ0v) is 16.7. The second-order valence-electron chi connectivity index (χ2n) is 6.91. The molecule has 2 heterocycles. The van der Waals surface area contributed by atoms with E-state index in [1.165, 1.54) is 16.9 Å². The van der Waals surface area contributed by atoms with Gasteiger partial charge in [-0.3, -0.25) is 9.36 Å². The van der Waals surface area contributed by atoms with Crippen molar-refractivity contribution in [1.29, 1.82) is 0 Å². The second-order valence-corrected chi connectivity index (χ2v) is 8.20. The SMILES string of the molecule is CC(C)c1ccc(-c2csc3ncn(Cc4ccc(Cl)cc4)c(=O)c23)cc1. The molecule has 0 unspecified atom stereocenters. The molecule has 4 rings (SSSR count). The van der Waals surface area contributed by atoms with Gasteiger partial charge in [-0.2, -0.15) is 0 Å². The monoisotopic (exact) mass is 394 g/mol. The molecule has 0 aliphatic heterocycles. The highest BCUT2D eigenvalue weighted by atomic mass is 35.5. The van der Waals surface area contributed by atoms with Crippen LogP contribution in [0, 0.1) is 0 Å². The first-order chi connectivity index (χ1) is 13.0. The summed E-state index contributed by atoms with van der Waals surface area (Å²) in [5, 5.41) is 3.40. The lowest BCUT2D eigenvalue weighted by Crippen LogP contribution is -2.20. The molecule has 27 heavy (non-hydrogen) atoms. The van der Waals surface area contributed by atoms with Crippen LogP contribution in [0.25, 0.3) is 21.3 Å². The lowest BCUT2D eigenvalue weighted by atomic mass is 9.99. The number of hydrogen-bond donors (Lipinski definition) is 0. The first-order valence-corrected chi connectivity index (χ1v) is 10.1. The molecule has 5 heteroatoms. The van der Waals surface area contributed by atoms with Crippen LogP contribution in [-0.4, -0.2) is 9.55 Å². The summed E-state index contributed by atoms with van der Waals surface area (Å²) in [6.45, 7) is 4.82. The molecule has 0 fully saturated rings. The fourth-order valence-electron chi connectivity index (χ4n) is 3.13. The minimum Gasteiger partial charge on any atom is -0.294 e. The van der Waals surface area contributed by atoms with E-state index < -0.39 is 0 Å². The number of nitrogens with zero attached hydrogens (tertiary/aromatic N) is 2. The van der Waals surface area contributed by atoms with E-state index in [2.05, 4.69) is 43.1 Å². The molecule has 0 radical (unpaired) electrons. The fourth-order valence-corrected chi connectivity index (χ4v) is 4.16. The number of aromatic nitrogens is 2. The van der Waals surface area contributed by atoms with Crippen molar-refractivity contribution in [3.05, 3.63) is 86.7 Å². The van der Waals surface area contributed by atoms with Crippen molar-refractivity contribution in [2.24, 2.45) is 0 Å². The molecule has 0 bridgehead atoms. The zero-order valence-electron chi connectivity index (χ0n) is 15.1. The molecule has 0 spiro atoms. The molecule has 136 valence electrons. The third kappa shape index (κ3) is 3.55. The van der Waals surface area contributed by atoms with E-state index in [-0.39, 0.29) is 5.56 Å². The molecule has 0 N–H and O–H groups in total. The van der Waals surface area contributed by atoms with Gasteiger partial charge in [-0.1, -0.05) is 61.8 Å². The van der Waals surface area contributed by atoms with Gasteiger partial charge in [-0.05, 0) is 34.7 Å². The van der Waals surface area contributed by atoms with Gasteiger partial charge in [0, 0.05) is 16.0 Å². The van der Waals surface area contributed by atoms with Crippen molar-refractivity contribution in [1.82, 2.24) is 9.55 Å². The van der Waals surface area contributed by atoms with Gasteiger partial charge >= 0.3 is 0 Å². The van der Waals surface area contributed by atoms with E-state index in [0.717, 1.165) is 21.5 Å². The summed E-state index contributed by atoms with van der Waals surface area (Å²) in [7, 11) is 0. The molecular weight excluding hydrogens is 376 g/mol. The molecule has 3 nitrogen and oxygen atoms in total. The standard InChI is InChI=1S/C22H19ClN2OS/c1-14(2)16-5-7-17(8-6-16)19-12-27-21-20(19)22(26)25(13-24-21)11-15-3-9-18(23)10-4-15/h3-10,12-14H,11H2,1-2H3. The Morgan fingerprint density at radius 1 is 1.07 bits per heavy atom. The lowest BCUT2D eigenvalue weighted by molar-refractivity contribution is 0.749. The topological polar surface area (TPSA) is 34.9 Å². The van der Waals surface area contributed by atoms with Crippen LogP contribution in [0.3, 0.4) is 0 Å². The quantitative estimate of drug-likeness (QED) is 0.428. The molecule has 0 aliphatic carbocycles. The number of halogens is 1. The van der Waals surface area contributed by atoms with Crippen LogP contribution in [-0.2, 0) is 6.54 Å². The molecule has 0 saturated carbocycles. The number of thiophene rings is 1. The Morgan fingerprint density at radius 2 is 1.78 bits per heavy atom. The molecular formula is C22H19ClN2OS. The Hall–Kier alpha value is -2.43. The van der Waals surface area contributed by atoms with Crippen LogP contribution in [0.1, 0.15) is 30.9 Å². The van der Waals surface area contributed by atoms with Gasteiger partial charge in [0.1, 0.15) is 4.83 Å². The lowest BCUT2D eigenvalue weighted by Gasteiger charge is -2.08. The maximum absolute atomic E-state index is 13.1. The van der Waals surface area contributed by atoms with Crippen molar-refractivity contribution in [2.75, 3.05) is 0 Å². The van der Waals surface area contributed by atoms with E-state index in [4.69, 9.17) is 11.6 Å². The predicted molar refractivity (Wildman–Crippen MR) is 114 cm³/mol. The number of hydrogen-bond acceptors (Lipinski definition) is 3. The van der Waals surface area contributed by atoms with E-state index in [0.29, 0.717) is 22.9 Å². The Bertz CT molecular complexity index is 1140. The van der Waals surface area contributed by atoms with E-state index in [1.54, 1.807) is 10.9 Å². The van der Waals surface area contributed by atoms with E-state index in [9.17, 15) is 4.79 Å². The van der Waals surface area contributed by atoms with Gasteiger partial charge in [0.05, 0.1) is 18.3 Å². The summed E-state index contributed by atoms with van der Waals surface area (Å²) in [6.07, 6.45) is 1.63. The zero-order chi connectivity index (χ0) is 19.0. The fraction of sp³-hybridized carbons (Fsp3) is 0.182. The largest absolute Gasteiger partial charge is 0.294 e. The van der Waals surface area contributed by atoms with Crippen LogP contribution in [0.15, 0.2) is 65.0 Å². The maximum Gasteiger partial charge on any atom is 0.263 e. The highest BCUT2D eigenvalue weighted by Crippen LogP contribution is 2.31. The van der Waals surface area contributed by atoms with E-state index in [1.807, 2.05) is 29.6 Å². The van der Waals surface area contributed by atoms with Gasteiger partial charge in [0.15, 0.2) is 0 Å². The summed E-state index contributed by atoms with van der Waals surface area (Å²) in [5.74, 6) is 0.483. The molecule has 0 saturated heterocycles. The van der Waals surface area contributed by atoms with Crippen LogP contribution in [0.2, 0.25) is 5.02 Å². The minimum absolute atomic E-state index is 0.0147.